The third kappa shape index (κ3) is 5.53. The van der Waals surface area contributed by atoms with Gasteiger partial charge >= 0.3 is 5.97 Å². The van der Waals surface area contributed by atoms with Crippen LogP contribution in [0.4, 0.5) is 0 Å². The highest BCUT2D eigenvalue weighted by Crippen LogP contribution is 1.72. The number of nitrogens with one attached hydrogen (secondary N) is 2. The minimum atomic E-state index is -0.829. The van der Waals surface area contributed by atoms with Gasteiger partial charge in [0.05, 0.1) is 12.7 Å². The van der Waals surface area contributed by atoms with Gasteiger partial charge in [-0.2, -0.15) is 0 Å². The molecule has 0 radical (unpaired) electrons. The van der Waals surface area contributed by atoms with Crippen LogP contribution in [0.1, 0.15) is 13.8 Å². The summed E-state index contributed by atoms with van der Waals surface area (Å²) in [6.07, 6.45) is 0.0705. The van der Waals surface area contributed by atoms with E-state index in [0.29, 0.717) is 0 Å². The highest BCUT2D eigenvalue weighted by Gasteiger charge is 1.99. The molecule has 4 nitrogen and oxygen atoms in total. The Morgan fingerprint density at radius 1 is 1.60 bits per heavy atom. The van der Waals surface area contributed by atoms with Crippen LogP contribution in [0.5, 0.6) is 0 Å². The van der Waals surface area contributed by atoms with E-state index in [2.05, 4.69) is 10.6 Å². The maximum Gasteiger partial charge on any atom is 0.317 e. The Balaban J connectivity index is 3.21. The predicted molar refractivity (Wildman–Crippen MR) is 38.8 cm³/mol. The largest absolute Gasteiger partial charge is 0.480 e. The van der Waals surface area contributed by atoms with Crippen molar-refractivity contribution in [3.63, 3.8) is 0 Å². The fourth-order valence-corrected chi connectivity index (χ4v) is 0.619. The molecule has 60 valence electrons. The summed E-state index contributed by atoms with van der Waals surface area (Å²) in [6, 6.07) is 0. The van der Waals surface area contributed by atoms with Gasteiger partial charge in [0.15, 0.2) is 0 Å². The average molecular weight is 146 g/mol. The average Bonchev–Trinajstić information content (AvgIpc) is 1.85. The van der Waals surface area contributed by atoms with Gasteiger partial charge in [-0.1, -0.05) is 6.92 Å². The summed E-state index contributed by atoms with van der Waals surface area (Å²) < 4.78 is 0. The number of carboxylic acid groups (broad SMARTS) is 1. The van der Waals surface area contributed by atoms with E-state index in [1.54, 1.807) is 0 Å². The Morgan fingerprint density at radius 2 is 2.20 bits per heavy atom. The third-order valence-corrected chi connectivity index (χ3v) is 1.07. The highest BCUT2D eigenvalue weighted by atomic mass is 16.4. The van der Waals surface area contributed by atoms with Crippen LogP contribution in [0.3, 0.4) is 0 Å². The van der Waals surface area contributed by atoms with Gasteiger partial charge in [0.2, 0.25) is 0 Å². The second-order valence-corrected chi connectivity index (χ2v) is 2.05. The van der Waals surface area contributed by atoms with Gasteiger partial charge in [-0.3, -0.25) is 10.1 Å². The SMILES string of the molecule is CCNC(C)NCC(=O)O. The third-order valence-electron chi connectivity index (χ3n) is 1.07. The van der Waals surface area contributed by atoms with E-state index >= 15 is 0 Å². The molecule has 0 aromatic rings. The summed E-state index contributed by atoms with van der Waals surface area (Å²) >= 11 is 0. The van der Waals surface area contributed by atoms with Gasteiger partial charge in [0.25, 0.3) is 0 Å². The van der Waals surface area contributed by atoms with Gasteiger partial charge < -0.3 is 10.4 Å². The zero-order valence-electron chi connectivity index (χ0n) is 6.35. The van der Waals surface area contributed by atoms with Crippen molar-refractivity contribution in [1.29, 1.82) is 0 Å². The van der Waals surface area contributed by atoms with Crippen molar-refractivity contribution in [3.8, 4) is 0 Å². The summed E-state index contributed by atoms with van der Waals surface area (Å²) in [5, 5.41) is 14.0. The molecule has 0 aliphatic rings. The van der Waals surface area contributed by atoms with Crippen LogP contribution >= 0.6 is 0 Å². The number of hydrogen-bond acceptors (Lipinski definition) is 3. The van der Waals surface area contributed by atoms with E-state index in [1.807, 2.05) is 13.8 Å². The van der Waals surface area contributed by atoms with Crippen molar-refractivity contribution in [3.05, 3.63) is 0 Å². The maximum atomic E-state index is 10.0. The minimum Gasteiger partial charge on any atom is -0.480 e. The van der Waals surface area contributed by atoms with Crippen molar-refractivity contribution in [2.24, 2.45) is 0 Å². The van der Waals surface area contributed by atoms with Crippen molar-refractivity contribution in [2.75, 3.05) is 13.1 Å². The Hall–Kier alpha value is -0.610. The van der Waals surface area contributed by atoms with E-state index in [-0.39, 0.29) is 12.7 Å². The first kappa shape index (κ1) is 9.39. The van der Waals surface area contributed by atoms with Crippen LogP contribution < -0.4 is 10.6 Å². The molecule has 1 atom stereocenters. The van der Waals surface area contributed by atoms with Gasteiger partial charge in [-0.25, -0.2) is 0 Å². The van der Waals surface area contributed by atoms with Crippen LogP contribution in [-0.4, -0.2) is 30.3 Å². The first-order valence-corrected chi connectivity index (χ1v) is 3.35. The molecule has 0 amide bonds. The fourth-order valence-electron chi connectivity index (χ4n) is 0.619. The molecule has 0 aliphatic carbocycles. The van der Waals surface area contributed by atoms with Gasteiger partial charge in [-0.05, 0) is 13.5 Å². The topological polar surface area (TPSA) is 61.4 Å². The molecule has 0 aromatic carbocycles. The van der Waals surface area contributed by atoms with Crippen molar-refractivity contribution in [1.82, 2.24) is 10.6 Å². The minimum absolute atomic E-state index is 0.00810. The molecule has 0 rings (SSSR count). The van der Waals surface area contributed by atoms with E-state index in [4.69, 9.17) is 5.11 Å². The molecule has 0 aliphatic heterocycles. The number of aliphatic carboxylic acids is 1. The van der Waals surface area contributed by atoms with E-state index in [9.17, 15) is 4.79 Å². The zero-order valence-corrected chi connectivity index (χ0v) is 6.35. The number of carbonyl (C=O) groups is 1. The molecular weight excluding hydrogens is 132 g/mol. The molecule has 0 bridgehead atoms. The summed E-state index contributed by atoms with van der Waals surface area (Å²) in [5.74, 6) is -0.829. The predicted octanol–water partition coefficient (Wildman–Crippen LogP) is -0.384. The summed E-state index contributed by atoms with van der Waals surface area (Å²) in [7, 11) is 0. The lowest BCUT2D eigenvalue weighted by molar-refractivity contribution is -0.136. The summed E-state index contributed by atoms with van der Waals surface area (Å²) in [4.78, 5) is 10.0. The Morgan fingerprint density at radius 3 is 2.60 bits per heavy atom. The Kier molecular flexibility index (Phi) is 4.88. The zero-order chi connectivity index (χ0) is 7.98. The summed E-state index contributed by atoms with van der Waals surface area (Å²) in [5.41, 5.74) is 0. The van der Waals surface area contributed by atoms with Crippen LogP contribution in [0.15, 0.2) is 0 Å². The molecule has 10 heavy (non-hydrogen) atoms. The number of rotatable bonds is 5. The van der Waals surface area contributed by atoms with Gasteiger partial charge in [-0.15, -0.1) is 0 Å². The molecule has 0 fully saturated rings. The molecule has 0 saturated heterocycles. The van der Waals surface area contributed by atoms with Crippen LogP contribution in [-0.2, 0) is 4.79 Å². The fraction of sp³-hybridized carbons (Fsp3) is 0.833. The lowest BCUT2D eigenvalue weighted by Gasteiger charge is -2.11. The molecular formula is C6H14N2O2. The normalized spacial score (nSPS) is 13.0. The monoisotopic (exact) mass is 146 g/mol. The molecule has 0 saturated carbocycles. The lowest BCUT2D eigenvalue weighted by atomic mass is 10.5. The van der Waals surface area contributed by atoms with Crippen molar-refractivity contribution < 1.29 is 9.90 Å². The van der Waals surface area contributed by atoms with Crippen LogP contribution in [0.2, 0.25) is 0 Å². The van der Waals surface area contributed by atoms with E-state index < -0.39 is 5.97 Å². The smallest absolute Gasteiger partial charge is 0.317 e. The Labute approximate surface area is 60.6 Å². The number of hydrogen-bond donors (Lipinski definition) is 3. The van der Waals surface area contributed by atoms with Crippen molar-refractivity contribution >= 4 is 5.97 Å². The second kappa shape index (κ2) is 5.20. The quantitative estimate of drug-likeness (QED) is 0.462. The maximum absolute atomic E-state index is 10.0. The first-order chi connectivity index (χ1) is 4.66. The molecule has 3 N–H and O–H groups in total. The van der Waals surface area contributed by atoms with Crippen molar-refractivity contribution in [2.45, 2.75) is 20.0 Å². The van der Waals surface area contributed by atoms with E-state index in [0.717, 1.165) is 6.54 Å². The molecule has 1 unspecified atom stereocenters. The molecule has 0 aromatic heterocycles. The van der Waals surface area contributed by atoms with E-state index in [1.165, 1.54) is 0 Å². The van der Waals surface area contributed by atoms with Gasteiger partial charge in [0, 0.05) is 0 Å². The Bertz CT molecular complexity index is 106. The molecule has 0 heterocycles. The van der Waals surface area contributed by atoms with Crippen LogP contribution in [0.25, 0.3) is 0 Å². The standard InChI is InChI=1S/C6H14N2O2/c1-3-7-5(2)8-4-6(9)10/h5,7-8H,3-4H2,1-2H3,(H,9,10). The highest BCUT2D eigenvalue weighted by molar-refractivity contribution is 5.69. The molecule has 4 heteroatoms. The lowest BCUT2D eigenvalue weighted by Crippen LogP contribution is -2.41. The first-order valence-electron chi connectivity index (χ1n) is 3.35. The van der Waals surface area contributed by atoms with Crippen LogP contribution in [0, 0.1) is 0 Å². The second-order valence-electron chi connectivity index (χ2n) is 2.05. The molecule has 0 spiro atoms. The number of carboxylic acids is 1. The summed E-state index contributed by atoms with van der Waals surface area (Å²) in [6.45, 7) is 4.70. The van der Waals surface area contributed by atoms with Gasteiger partial charge in [0.1, 0.15) is 0 Å².